The van der Waals surface area contributed by atoms with Crippen molar-refractivity contribution in [3.63, 3.8) is 0 Å². The van der Waals surface area contributed by atoms with Gasteiger partial charge in [-0.3, -0.25) is 14.8 Å². The molecule has 3 N–H and O–H groups in total. The first-order valence-electron chi connectivity index (χ1n) is 11.5. The molecule has 5 aromatic rings. The number of hydrogen-bond donors (Lipinski definition) is 3. The molecule has 11 heteroatoms. The minimum atomic E-state index is -1.45. The molecule has 0 saturated heterocycles. The molecular formula is C27H22FN7O2S. The van der Waals surface area contributed by atoms with E-state index in [0.717, 1.165) is 11.1 Å². The number of carbonyl (C=O) groups is 1. The molecule has 0 saturated carbocycles. The number of imidazole rings is 1. The van der Waals surface area contributed by atoms with Crippen LogP contribution < -0.4 is 10.6 Å². The molecule has 38 heavy (non-hydrogen) atoms. The Morgan fingerprint density at radius 2 is 1.84 bits per heavy atom. The Bertz CT molecular complexity index is 1590. The molecule has 0 spiro atoms. The number of hydrogen-bond acceptors (Lipinski definition) is 7. The maximum Gasteiger partial charge on any atom is 0.321 e. The van der Waals surface area contributed by atoms with Crippen molar-refractivity contribution < 1.29 is 13.7 Å². The van der Waals surface area contributed by atoms with Crippen LogP contribution in [0.4, 0.5) is 21.7 Å². The summed E-state index contributed by atoms with van der Waals surface area (Å²) in [7, 11) is 0. The number of aryl methyl sites for hydroxylation is 1. The normalized spacial score (nSPS) is 11.7. The van der Waals surface area contributed by atoms with Crippen molar-refractivity contribution in [3.8, 4) is 22.5 Å². The monoisotopic (exact) mass is 527 g/mol. The highest BCUT2D eigenvalue weighted by molar-refractivity contribution is 7.90. The van der Waals surface area contributed by atoms with Gasteiger partial charge in [-0.2, -0.15) is 4.98 Å². The van der Waals surface area contributed by atoms with Crippen molar-refractivity contribution in [1.82, 2.24) is 24.9 Å². The number of aromatic nitrogens is 5. The summed E-state index contributed by atoms with van der Waals surface area (Å²) in [5.41, 5.74) is 4.61. The Morgan fingerprint density at radius 1 is 1.03 bits per heavy atom. The molecule has 0 fully saturated rings. The number of anilines is 3. The smallest absolute Gasteiger partial charge is 0.321 e. The van der Waals surface area contributed by atoms with E-state index in [1.54, 1.807) is 36.8 Å². The van der Waals surface area contributed by atoms with E-state index in [0.29, 0.717) is 34.3 Å². The molecule has 9 nitrogen and oxygen atoms in total. The number of aromatic amines is 1. The summed E-state index contributed by atoms with van der Waals surface area (Å²) in [6.07, 6.45) is 6.53. The van der Waals surface area contributed by atoms with Gasteiger partial charge in [-0.15, -0.1) is 0 Å². The molecule has 0 aliphatic rings. The number of carbonyl (C=O) groups excluding carboxylic acids is 1. The van der Waals surface area contributed by atoms with Crippen LogP contribution in [0.25, 0.3) is 22.5 Å². The molecule has 1 unspecified atom stereocenters. The number of nitrogens with one attached hydrogen (secondary N) is 3. The van der Waals surface area contributed by atoms with Gasteiger partial charge < -0.3 is 15.2 Å². The van der Waals surface area contributed by atoms with Crippen LogP contribution in [0.5, 0.6) is 0 Å². The molecule has 0 radical (unpaired) electrons. The fourth-order valence-electron chi connectivity index (χ4n) is 3.72. The van der Waals surface area contributed by atoms with Crippen LogP contribution in [0.15, 0.2) is 84.4 Å². The number of benzene rings is 2. The topological polar surface area (TPSA) is 132 Å². The fourth-order valence-corrected chi connectivity index (χ4v) is 4.18. The number of pyridine rings is 1. The van der Waals surface area contributed by atoms with E-state index in [1.807, 2.05) is 25.1 Å². The van der Waals surface area contributed by atoms with Crippen LogP contribution in [0.2, 0.25) is 0 Å². The Kier molecular flexibility index (Phi) is 7.11. The number of H-pyrrole nitrogens is 1. The van der Waals surface area contributed by atoms with E-state index in [2.05, 4.69) is 35.6 Å². The number of amides is 1. The largest absolute Gasteiger partial charge is 0.609 e. The molecule has 3 aromatic heterocycles. The zero-order valence-corrected chi connectivity index (χ0v) is 21.2. The summed E-state index contributed by atoms with van der Waals surface area (Å²) in [4.78, 5) is 33.4. The second-order valence-corrected chi connectivity index (χ2v) is 9.64. The lowest BCUT2D eigenvalue weighted by Crippen LogP contribution is -2.14. The standard InChI is InChI=1S/C27H22FN7O2S/c1-16-5-10-20(14-22(16)33-26-30-13-11-21(32-26)18-4-3-12-29-15-18)31-25(36)24-23(34-27(35-24)38(2)37)17-6-8-19(28)9-7-17/h3-15H,1-2H3,(H,31,36)(H,34,35)(H,30,32,33). The molecule has 190 valence electrons. The highest BCUT2D eigenvalue weighted by Crippen LogP contribution is 2.27. The first kappa shape index (κ1) is 25.1. The van der Waals surface area contributed by atoms with Crippen molar-refractivity contribution in [2.45, 2.75) is 12.1 Å². The Morgan fingerprint density at radius 3 is 2.58 bits per heavy atom. The highest BCUT2D eigenvalue weighted by atomic mass is 32.2. The van der Waals surface area contributed by atoms with Crippen molar-refractivity contribution in [2.75, 3.05) is 16.9 Å². The lowest BCUT2D eigenvalue weighted by Gasteiger charge is -2.12. The maximum atomic E-state index is 13.4. The molecule has 0 aliphatic heterocycles. The van der Waals surface area contributed by atoms with Crippen LogP contribution in [-0.2, 0) is 11.2 Å². The average Bonchev–Trinajstić information content (AvgIpc) is 3.38. The molecular weight excluding hydrogens is 505 g/mol. The second-order valence-electron chi connectivity index (χ2n) is 8.34. The molecule has 3 heterocycles. The first-order chi connectivity index (χ1) is 18.4. The summed E-state index contributed by atoms with van der Waals surface area (Å²) >= 11 is -1.45. The van der Waals surface area contributed by atoms with Gasteiger partial charge in [0, 0.05) is 52.3 Å². The average molecular weight is 528 g/mol. The zero-order chi connectivity index (χ0) is 26.6. The van der Waals surface area contributed by atoms with Gasteiger partial charge in [-0.05, 0) is 67.1 Å². The van der Waals surface area contributed by atoms with E-state index in [1.165, 1.54) is 30.5 Å². The van der Waals surface area contributed by atoms with Gasteiger partial charge in [0.25, 0.3) is 5.91 Å². The van der Waals surface area contributed by atoms with Gasteiger partial charge >= 0.3 is 5.16 Å². The third-order valence-electron chi connectivity index (χ3n) is 5.66. The number of halogens is 1. The lowest BCUT2D eigenvalue weighted by atomic mass is 10.1. The number of nitrogens with zero attached hydrogens (tertiary/aromatic N) is 4. The summed E-state index contributed by atoms with van der Waals surface area (Å²) in [6.45, 7) is 1.92. The molecule has 2 aromatic carbocycles. The maximum absolute atomic E-state index is 13.4. The first-order valence-corrected chi connectivity index (χ1v) is 13.0. The van der Waals surface area contributed by atoms with E-state index >= 15 is 0 Å². The second kappa shape index (κ2) is 10.8. The van der Waals surface area contributed by atoms with Crippen molar-refractivity contribution in [1.29, 1.82) is 0 Å². The van der Waals surface area contributed by atoms with E-state index in [9.17, 15) is 13.7 Å². The van der Waals surface area contributed by atoms with Crippen LogP contribution in [0.1, 0.15) is 16.1 Å². The van der Waals surface area contributed by atoms with Gasteiger partial charge in [-0.1, -0.05) is 6.07 Å². The van der Waals surface area contributed by atoms with E-state index in [4.69, 9.17) is 0 Å². The van der Waals surface area contributed by atoms with Crippen LogP contribution >= 0.6 is 0 Å². The quantitative estimate of drug-likeness (QED) is 0.251. The Labute approximate surface area is 220 Å². The van der Waals surface area contributed by atoms with Crippen molar-refractivity contribution in [3.05, 3.63) is 96.3 Å². The van der Waals surface area contributed by atoms with Crippen molar-refractivity contribution in [2.24, 2.45) is 0 Å². The Hall–Kier alpha value is -4.61. The predicted octanol–water partition coefficient (Wildman–Crippen LogP) is 5.11. The zero-order valence-electron chi connectivity index (χ0n) is 20.4. The fraction of sp³-hybridized carbons (Fsp3) is 0.0741. The predicted molar refractivity (Wildman–Crippen MR) is 144 cm³/mol. The van der Waals surface area contributed by atoms with Gasteiger partial charge in [0.2, 0.25) is 5.95 Å². The summed E-state index contributed by atoms with van der Waals surface area (Å²) in [5.74, 6) is -0.533. The molecule has 1 atom stereocenters. The van der Waals surface area contributed by atoms with E-state index < -0.39 is 22.9 Å². The molecule has 1 amide bonds. The third-order valence-corrected chi connectivity index (χ3v) is 6.40. The summed E-state index contributed by atoms with van der Waals surface area (Å²) in [6, 6.07) is 16.5. The SMILES string of the molecule is Cc1ccc(NC(=O)c2nc([S+](C)[O-])[nH]c2-c2ccc(F)cc2)cc1Nc1nccc(-c2cccnc2)n1. The van der Waals surface area contributed by atoms with E-state index in [-0.39, 0.29) is 10.9 Å². The van der Waals surface area contributed by atoms with Gasteiger partial charge in [-0.25, -0.2) is 14.4 Å². The van der Waals surface area contributed by atoms with Gasteiger partial charge in [0.05, 0.1) is 11.4 Å². The molecule has 0 bridgehead atoms. The Balaban J connectivity index is 1.40. The van der Waals surface area contributed by atoms with Crippen LogP contribution in [0, 0.1) is 12.7 Å². The van der Waals surface area contributed by atoms with Crippen molar-refractivity contribution >= 4 is 34.4 Å². The minimum Gasteiger partial charge on any atom is -0.609 e. The van der Waals surface area contributed by atoms with Crippen LogP contribution in [-0.4, -0.2) is 41.6 Å². The summed E-state index contributed by atoms with van der Waals surface area (Å²) < 4.78 is 25.5. The van der Waals surface area contributed by atoms with Gasteiger partial charge in [0.1, 0.15) is 12.1 Å². The van der Waals surface area contributed by atoms with Gasteiger partial charge in [0.15, 0.2) is 5.69 Å². The minimum absolute atomic E-state index is 0.0457. The molecule has 5 rings (SSSR count). The lowest BCUT2D eigenvalue weighted by molar-refractivity contribution is 0.102. The van der Waals surface area contributed by atoms with Crippen LogP contribution in [0.3, 0.4) is 0 Å². The molecule has 0 aliphatic carbocycles. The third kappa shape index (κ3) is 5.53. The summed E-state index contributed by atoms with van der Waals surface area (Å²) in [5, 5.41) is 6.19. The highest BCUT2D eigenvalue weighted by Gasteiger charge is 2.23. The number of rotatable bonds is 7.